The molecule has 0 unspecified atom stereocenters. The maximum absolute atomic E-state index is 6.26. The van der Waals surface area contributed by atoms with Crippen molar-refractivity contribution in [2.45, 2.75) is 0 Å². The number of H-pyrrole nitrogens is 1. The van der Waals surface area contributed by atoms with Crippen molar-refractivity contribution in [3.8, 4) is 34.2 Å². The van der Waals surface area contributed by atoms with E-state index in [0.29, 0.717) is 22.5 Å². The highest BCUT2D eigenvalue weighted by atomic mass is 35.5. The van der Waals surface area contributed by atoms with Crippen molar-refractivity contribution in [2.75, 3.05) is 0 Å². The highest BCUT2D eigenvalue weighted by molar-refractivity contribution is 6.30. The molecule has 4 aromatic carbocycles. The van der Waals surface area contributed by atoms with Crippen LogP contribution in [0.4, 0.5) is 0 Å². The van der Waals surface area contributed by atoms with Crippen molar-refractivity contribution < 1.29 is 0 Å². The Morgan fingerprint density at radius 2 is 1.22 bits per heavy atom. The number of rotatable bonds is 3. The Balaban J connectivity index is 1.63. The minimum atomic E-state index is 0.587. The van der Waals surface area contributed by atoms with Gasteiger partial charge in [-0.05, 0) is 24.3 Å². The van der Waals surface area contributed by atoms with Gasteiger partial charge in [0.2, 0.25) is 0 Å². The molecule has 0 spiro atoms. The molecule has 1 N–H and O–H groups in total. The minimum Gasteiger partial charge on any atom is -0.354 e. The molecule has 0 bridgehead atoms. The molecular formula is C27H17ClN4. The summed E-state index contributed by atoms with van der Waals surface area (Å²) in [6, 6.07) is 32.0. The lowest BCUT2D eigenvalue weighted by Crippen LogP contribution is -2.00. The van der Waals surface area contributed by atoms with Crippen molar-refractivity contribution in [2.24, 2.45) is 0 Å². The van der Waals surface area contributed by atoms with Crippen molar-refractivity contribution in [3.63, 3.8) is 0 Å². The average Bonchev–Trinajstić information content (AvgIpc) is 3.23. The van der Waals surface area contributed by atoms with E-state index in [9.17, 15) is 0 Å². The number of aromatic nitrogens is 4. The Kier molecular flexibility index (Phi) is 4.44. The minimum absolute atomic E-state index is 0.587. The van der Waals surface area contributed by atoms with Crippen LogP contribution < -0.4 is 0 Å². The summed E-state index contributed by atoms with van der Waals surface area (Å²) in [6.07, 6.45) is 0. The van der Waals surface area contributed by atoms with Gasteiger partial charge in [0.05, 0.1) is 5.52 Å². The molecule has 6 rings (SSSR count). The number of nitrogens with one attached hydrogen (secondary N) is 1. The van der Waals surface area contributed by atoms with E-state index in [1.807, 2.05) is 72.8 Å². The molecular weight excluding hydrogens is 416 g/mol. The van der Waals surface area contributed by atoms with Crippen LogP contribution in [-0.2, 0) is 0 Å². The lowest BCUT2D eigenvalue weighted by molar-refractivity contribution is 1.08. The molecule has 32 heavy (non-hydrogen) atoms. The van der Waals surface area contributed by atoms with Crippen LogP contribution in [0.1, 0.15) is 0 Å². The number of hydrogen-bond acceptors (Lipinski definition) is 3. The quantitative estimate of drug-likeness (QED) is 0.322. The third kappa shape index (κ3) is 3.22. The molecule has 0 radical (unpaired) electrons. The maximum Gasteiger partial charge on any atom is 0.166 e. The molecule has 152 valence electrons. The van der Waals surface area contributed by atoms with E-state index in [4.69, 9.17) is 26.6 Å². The van der Waals surface area contributed by atoms with Crippen LogP contribution in [0.15, 0.2) is 97.1 Å². The summed E-state index contributed by atoms with van der Waals surface area (Å²) in [5, 5.41) is 2.96. The third-order valence-electron chi connectivity index (χ3n) is 5.53. The van der Waals surface area contributed by atoms with E-state index in [1.54, 1.807) is 0 Å². The number of halogens is 1. The van der Waals surface area contributed by atoms with Gasteiger partial charge in [0.15, 0.2) is 17.5 Å². The number of fused-ring (bicyclic) bond motifs is 3. The van der Waals surface area contributed by atoms with E-state index >= 15 is 0 Å². The summed E-state index contributed by atoms with van der Waals surface area (Å²) in [7, 11) is 0. The van der Waals surface area contributed by atoms with Gasteiger partial charge < -0.3 is 4.98 Å². The van der Waals surface area contributed by atoms with Crippen molar-refractivity contribution >= 4 is 33.4 Å². The van der Waals surface area contributed by atoms with E-state index in [0.717, 1.165) is 33.1 Å². The molecule has 0 amide bonds. The highest BCUT2D eigenvalue weighted by Crippen LogP contribution is 2.33. The normalized spacial score (nSPS) is 11.3. The van der Waals surface area contributed by atoms with Crippen LogP contribution in [0.3, 0.4) is 0 Å². The Labute approximate surface area is 189 Å². The van der Waals surface area contributed by atoms with E-state index in [2.05, 4.69) is 29.2 Å². The molecule has 0 atom stereocenters. The summed E-state index contributed by atoms with van der Waals surface area (Å²) < 4.78 is 0. The largest absolute Gasteiger partial charge is 0.354 e. The van der Waals surface area contributed by atoms with Gasteiger partial charge in [-0.15, -0.1) is 0 Å². The van der Waals surface area contributed by atoms with Crippen LogP contribution in [0, 0.1) is 0 Å². The SMILES string of the molecule is Clc1cccc(-c2nc(-c3ccccc3)nc(-c3cccc4c3[nH]c3ccccc34)n2)c1. The van der Waals surface area contributed by atoms with Crippen molar-refractivity contribution in [3.05, 3.63) is 102 Å². The molecule has 0 saturated carbocycles. The number of aromatic amines is 1. The summed E-state index contributed by atoms with van der Waals surface area (Å²) >= 11 is 6.26. The fourth-order valence-electron chi connectivity index (χ4n) is 4.03. The molecule has 4 nitrogen and oxygen atoms in total. The Morgan fingerprint density at radius 3 is 2.06 bits per heavy atom. The van der Waals surface area contributed by atoms with Crippen LogP contribution in [0.5, 0.6) is 0 Å². The lowest BCUT2D eigenvalue weighted by atomic mass is 10.1. The van der Waals surface area contributed by atoms with Gasteiger partial charge in [0.1, 0.15) is 0 Å². The first kappa shape index (κ1) is 18.7. The average molecular weight is 433 g/mol. The summed E-state index contributed by atoms with van der Waals surface area (Å²) in [5.41, 5.74) is 4.81. The lowest BCUT2D eigenvalue weighted by Gasteiger charge is -2.09. The molecule has 0 aliphatic heterocycles. The maximum atomic E-state index is 6.26. The molecule has 0 saturated heterocycles. The number of benzene rings is 4. The molecule has 0 aliphatic rings. The third-order valence-corrected chi connectivity index (χ3v) is 5.77. The molecule has 2 heterocycles. The molecule has 2 aromatic heterocycles. The first-order valence-corrected chi connectivity index (χ1v) is 10.7. The molecule has 0 fully saturated rings. The highest BCUT2D eigenvalue weighted by Gasteiger charge is 2.16. The van der Waals surface area contributed by atoms with Crippen LogP contribution in [0.2, 0.25) is 5.02 Å². The predicted octanol–water partition coefficient (Wildman–Crippen LogP) is 7.16. The smallest absolute Gasteiger partial charge is 0.166 e. The predicted molar refractivity (Wildman–Crippen MR) is 131 cm³/mol. The van der Waals surface area contributed by atoms with Crippen LogP contribution in [0.25, 0.3) is 56.0 Å². The zero-order valence-electron chi connectivity index (χ0n) is 17.0. The zero-order chi connectivity index (χ0) is 21.5. The zero-order valence-corrected chi connectivity index (χ0v) is 17.7. The molecule has 6 aromatic rings. The second kappa shape index (κ2) is 7.59. The van der Waals surface area contributed by atoms with Gasteiger partial charge in [-0.2, -0.15) is 0 Å². The number of para-hydroxylation sites is 2. The molecule has 5 heteroatoms. The van der Waals surface area contributed by atoms with E-state index in [1.165, 1.54) is 5.39 Å². The van der Waals surface area contributed by atoms with Gasteiger partial charge in [-0.3, -0.25) is 0 Å². The second-order valence-corrected chi connectivity index (χ2v) is 8.02. The van der Waals surface area contributed by atoms with Crippen LogP contribution in [-0.4, -0.2) is 19.9 Å². The van der Waals surface area contributed by atoms with E-state index < -0.39 is 0 Å². The summed E-state index contributed by atoms with van der Waals surface area (Å²) in [5.74, 6) is 1.83. The summed E-state index contributed by atoms with van der Waals surface area (Å²) in [4.78, 5) is 18.1. The number of nitrogens with zero attached hydrogens (tertiary/aromatic N) is 3. The van der Waals surface area contributed by atoms with Gasteiger partial charge in [-0.25, -0.2) is 15.0 Å². The van der Waals surface area contributed by atoms with Gasteiger partial charge >= 0.3 is 0 Å². The monoisotopic (exact) mass is 432 g/mol. The fraction of sp³-hybridized carbons (Fsp3) is 0. The molecule has 0 aliphatic carbocycles. The topological polar surface area (TPSA) is 54.5 Å². The Bertz CT molecular complexity index is 1590. The van der Waals surface area contributed by atoms with Crippen LogP contribution >= 0.6 is 11.6 Å². The van der Waals surface area contributed by atoms with Gasteiger partial charge in [0.25, 0.3) is 0 Å². The van der Waals surface area contributed by atoms with Gasteiger partial charge in [-0.1, -0.05) is 84.4 Å². The van der Waals surface area contributed by atoms with E-state index in [-0.39, 0.29) is 0 Å². The standard InChI is InChI=1S/C27H17ClN4/c28-19-11-6-10-18(16-19)26-30-25(17-8-2-1-3-9-17)31-27(32-26)22-14-7-13-21-20-12-4-5-15-23(20)29-24(21)22/h1-16,29H. The summed E-state index contributed by atoms with van der Waals surface area (Å²) in [6.45, 7) is 0. The second-order valence-electron chi connectivity index (χ2n) is 7.58. The number of hydrogen-bond donors (Lipinski definition) is 1. The Morgan fingerprint density at radius 1 is 0.562 bits per heavy atom. The first-order valence-electron chi connectivity index (χ1n) is 10.3. The van der Waals surface area contributed by atoms with Crippen molar-refractivity contribution in [1.82, 2.24) is 19.9 Å². The Hall–Kier alpha value is -4.02. The fourth-order valence-corrected chi connectivity index (χ4v) is 4.22. The van der Waals surface area contributed by atoms with Gasteiger partial charge in [0, 0.05) is 38.0 Å². The van der Waals surface area contributed by atoms with Crippen molar-refractivity contribution in [1.29, 1.82) is 0 Å². The first-order chi connectivity index (χ1) is 15.8.